The van der Waals surface area contributed by atoms with E-state index in [2.05, 4.69) is 23.8 Å². The Balaban J connectivity index is 1.57. The van der Waals surface area contributed by atoms with Crippen LogP contribution in [0.5, 0.6) is 0 Å². The van der Waals surface area contributed by atoms with Gasteiger partial charge in [0.25, 0.3) is 5.56 Å². The number of rotatable bonds is 9. The number of aromatic nitrogens is 4. The van der Waals surface area contributed by atoms with Crippen LogP contribution < -0.4 is 10.9 Å². The molecule has 3 aromatic heterocycles. The molecule has 0 aliphatic rings. The molecule has 0 fully saturated rings. The van der Waals surface area contributed by atoms with E-state index in [9.17, 15) is 9.59 Å². The first-order valence-corrected chi connectivity index (χ1v) is 12.4. The van der Waals surface area contributed by atoms with Gasteiger partial charge >= 0.3 is 0 Å². The summed E-state index contributed by atoms with van der Waals surface area (Å²) in [5.74, 6) is 0.694. The SMILES string of the molecule is C=CCn1c(SCC(=O)NC(c2ccccc2)c2nccn2C)nc2sc(CC)cc2c1=O. The lowest BCUT2D eigenvalue weighted by Crippen LogP contribution is -2.32. The molecule has 1 unspecified atom stereocenters. The molecule has 3 heterocycles. The molecule has 7 nitrogen and oxygen atoms in total. The molecule has 0 aliphatic heterocycles. The molecule has 4 aromatic rings. The molecule has 0 saturated carbocycles. The van der Waals surface area contributed by atoms with Gasteiger partial charge in [0.05, 0.1) is 11.1 Å². The molecule has 1 aromatic carbocycles. The highest BCUT2D eigenvalue weighted by atomic mass is 32.2. The third-order valence-corrected chi connectivity index (χ3v) is 7.36. The average molecular weight is 480 g/mol. The van der Waals surface area contributed by atoms with Crippen molar-refractivity contribution in [1.82, 2.24) is 24.4 Å². The van der Waals surface area contributed by atoms with Crippen LogP contribution in [-0.2, 0) is 24.8 Å². The van der Waals surface area contributed by atoms with Gasteiger partial charge in [-0.15, -0.1) is 17.9 Å². The number of imidazole rings is 1. The minimum Gasteiger partial charge on any atom is -0.341 e. The Morgan fingerprint density at radius 1 is 1.33 bits per heavy atom. The molecule has 33 heavy (non-hydrogen) atoms. The number of fused-ring (bicyclic) bond motifs is 1. The van der Waals surface area contributed by atoms with Gasteiger partial charge in [0.1, 0.15) is 16.7 Å². The van der Waals surface area contributed by atoms with Gasteiger partial charge in [-0.25, -0.2) is 9.97 Å². The molecule has 1 atom stereocenters. The van der Waals surface area contributed by atoms with Gasteiger partial charge in [-0.05, 0) is 18.1 Å². The number of nitrogens with zero attached hydrogens (tertiary/aromatic N) is 4. The molecule has 0 radical (unpaired) electrons. The lowest BCUT2D eigenvalue weighted by Gasteiger charge is -2.19. The van der Waals surface area contributed by atoms with E-state index in [0.717, 1.165) is 22.7 Å². The fourth-order valence-corrected chi connectivity index (χ4v) is 5.38. The second kappa shape index (κ2) is 10.2. The molecular weight excluding hydrogens is 454 g/mol. The fourth-order valence-electron chi connectivity index (χ4n) is 3.55. The Labute approximate surface area is 200 Å². The van der Waals surface area contributed by atoms with Gasteiger partial charge in [0.2, 0.25) is 5.91 Å². The average Bonchev–Trinajstić information content (AvgIpc) is 3.44. The number of benzene rings is 1. The lowest BCUT2D eigenvalue weighted by atomic mass is 10.1. The summed E-state index contributed by atoms with van der Waals surface area (Å²) in [4.78, 5) is 36.9. The molecule has 4 rings (SSSR count). The highest BCUT2D eigenvalue weighted by molar-refractivity contribution is 7.99. The van der Waals surface area contributed by atoms with Gasteiger partial charge in [0.15, 0.2) is 5.16 Å². The third-order valence-electron chi connectivity index (χ3n) is 5.21. The van der Waals surface area contributed by atoms with Crippen molar-refractivity contribution >= 4 is 39.2 Å². The second-order valence-electron chi connectivity index (χ2n) is 7.48. The van der Waals surface area contributed by atoms with Crippen molar-refractivity contribution in [2.75, 3.05) is 5.75 Å². The van der Waals surface area contributed by atoms with Crippen LogP contribution in [0.1, 0.15) is 29.2 Å². The summed E-state index contributed by atoms with van der Waals surface area (Å²) in [7, 11) is 1.90. The fraction of sp³-hybridized carbons (Fsp3) is 0.250. The van der Waals surface area contributed by atoms with Crippen molar-refractivity contribution in [2.24, 2.45) is 7.05 Å². The van der Waals surface area contributed by atoms with E-state index < -0.39 is 0 Å². The first kappa shape index (κ1) is 23.0. The Morgan fingerprint density at radius 3 is 2.79 bits per heavy atom. The van der Waals surface area contributed by atoms with Crippen molar-refractivity contribution in [3.05, 3.63) is 88.1 Å². The number of thiophene rings is 1. The van der Waals surface area contributed by atoms with Gasteiger partial charge in [-0.2, -0.15) is 0 Å². The van der Waals surface area contributed by atoms with Crippen LogP contribution >= 0.6 is 23.1 Å². The summed E-state index contributed by atoms with van der Waals surface area (Å²) in [6.07, 6.45) is 6.08. The van der Waals surface area contributed by atoms with Crippen LogP contribution in [0.3, 0.4) is 0 Å². The maximum atomic E-state index is 13.0. The second-order valence-corrected chi connectivity index (χ2v) is 9.54. The number of amides is 1. The monoisotopic (exact) mass is 479 g/mol. The quantitative estimate of drug-likeness (QED) is 0.223. The number of aryl methyl sites for hydroxylation is 2. The first-order chi connectivity index (χ1) is 16.0. The maximum absolute atomic E-state index is 13.0. The van der Waals surface area contributed by atoms with Crippen molar-refractivity contribution in [1.29, 1.82) is 0 Å². The summed E-state index contributed by atoms with van der Waals surface area (Å²) in [5, 5.41) is 4.22. The zero-order valence-corrected chi connectivity index (χ0v) is 20.2. The minimum absolute atomic E-state index is 0.103. The minimum atomic E-state index is -0.380. The predicted octanol–water partition coefficient (Wildman–Crippen LogP) is 3.94. The standard InChI is InChI=1S/C24H25N5O2S2/c1-4-12-29-23(31)18-14-17(5-2)33-22(18)27-24(29)32-15-19(30)26-20(16-9-7-6-8-10-16)21-25-11-13-28(21)3/h4,6-11,13-14,20H,1,5,12,15H2,2-3H3,(H,26,30). The van der Waals surface area contributed by atoms with E-state index in [-0.39, 0.29) is 23.3 Å². The number of hydrogen-bond acceptors (Lipinski definition) is 6. The maximum Gasteiger partial charge on any atom is 0.263 e. The normalized spacial score (nSPS) is 12.1. The zero-order valence-electron chi connectivity index (χ0n) is 18.5. The molecule has 9 heteroatoms. The number of hydrogen-bond donors (Lipinski definition) is 1. The molecule has 0 saturated heterocycles. The van der Waals surface area contributed by atoms with Crippen LogP contribution in [0.15, 0.2) is 71.4 Å². The number of allylic oxidation sites excluding steroid dienone is 1. The van der Waals surface area contributed by atoms with E-state index in [1.165, 1.54) is 23.1 Å². The van der Waals surface area contributed by atoms with Crippen LogP contribution in [-0.4, -0.2) is 30.8 Å². The topological polar surface area (TPSA) is 81.8 Å². The van der Waals surface area contributed by atoms with E-state index in [4.69, 9.17) is 4.98 Å². The van der Waals surface area contributed by atoms with Crippen molar-refractivity contribution < 1.29 is 4.79 Å². The van der Waals surface area contributed by atoms with E-state index in [1.807, 2.05) is 54.2 Å². The Morgan fingerprint density at radius 2 is 2.12 bits per heavy atom. The summed E-state index contributed by atoms with van der Waals surface area (Å²) < 4.78 is 3.47. The van der Waals surface area contributed by atoms with Gasteiger partial charge < -0.3 is 9.88 Å². The largest absolute Gasteiger partial charge is 0.341 e. The van der Waals surface area contributed by atoms with Crippen molar-refractivity contribution in [3.63, 3.8) is 0 Å². The molecule has 0 bridgehead atoms. The number of nitrogens with one attached hydrogen (secondary N) is 1. The molecular formula is C24H25N5O2S2. The number of carbonyl (C=O) groups is 1. The molecule has 170 valence electrons. The van der Waals surface area contributed by atoms with Gasteiger partial charge in [-0.1, -0.05) is 55.1 Å². The first-order valence-electron chi connectivity index (χ1n) is 10.6. The molecule has 1 amide bonds. The highest BCUT2D eigenvalue weighted by Gasteiger charge is 2.21. The Hall–Kier alpha value is -3.17. The predicted molar refractivity (Wildman–Crippen MR) is 134 cm³/mol. The summed E-state index contributed by atoms with van der Waals surface area (Å²) >= 11 is 2.77. The van der Waals surface area contributed by atoms with Crippen LogP contribution in [0.2, 0.25) is 0 Å². The molecule has 0 aliphatic carbocycles. The molecule has 1 N–H and O–H groups in total. The van der Waals surface area contributed by atoms with Crippen LogP contribution in [0.4, 0.5) is 0 Å². The zero-order chi connectivity index (χ0) is 23.4. The van der Waals surface area contributed by atoms with Crippen molar-refractivity contribution in [2.45, 2.75) is 31.1 Å². The van der Waals surface area contributed by atoms with Gasteiger partial charge in [0, 0.05) is 30.9 Å². The van der Waals surface area contributed by atoms with E-state index in [0.29, 0.717) is 21.9 Å². The number of carbonyl (C=O) groups excluding carboxylic acids is 1. The summed E-state index contributed by atoms with van der Waals surface area (Å²) in [6.45, 7) is 6.15. The summed E-state index contributed by atoms with van der Waals surface area (Å²) in [6, 6.07) is 11.3. The van der Waals surface area contributed by atoms with Crippen molar-refractivity contribution in [3.8, 4) is 0 Å². The Bertz CT molecular complexity index is 1340. The van der Waals surface area contributed by atoms with Crippen LogP contribution in [0.25, 0.3) is 10.2 Å². The number of thioether (sulfide) groups is 1. The van der Waals surface area contributed by atoms with Crippen LogP contribution in [0, 0.1) is 0 Å². The summed E-state index contributed by atoms with van der Waals surface area (Å²) in [5.41, 5.74) is 0.841. The lowest BCUT2D eigenvalue weighted by molar-refractivity contribution is -0.119. The smallest absolute Gasteiger partial charge is 0.263 e. The van der Waals surface area contributed by atoms with E-state index >= 15 is 0 Å². The third kappa shape index (κ3) is 4.94. The molecule has 0 spiro atoms. The highest BCUT2D eigenvalue weighted by Crippen LogP contribution is 2.26. The van der Waals surface area contributed by atoms with Gasteiger partial charge in [-0.3, -0.25) is 14.2 Å². The Kier molecular flexibility index (Phi) is 7.10. The van der Waals surface area contributed by atoms with E-state index in [1.54, 1.807) is 16.8 Å².